The Balaban J connectivity index is 0.000000829. The number of hydrogen-bond donors (Lipinski definition) is 1. The topological polar surface area (TPSA) is 35.8 Å². The van der Waals surface area contributed by atoms with Gasteiger partial charge in [-0.2, -0.15) is 5.26 Å². The lowest BCUT2D eigenvalue weighted by atomic mass is 9.95. The Hall–Kier alpha value is -1.66. The molecule has 20 heavy (non-hydrogen) atoms. The highest BCUT2D eigenvalue weighted by molar-refractivity contribution is 5.79. The summed E-state index contributed by atoms with van der Waals surface area (Å²) in [5.41, 5.74) is 2.70. The number of hydrogen-bond acceptors (Lipinski definition) is 2. The molecule has 1 saturated heterocycles. The number of nitrogens with zero attached hydrogens (tertiary/aromatic N) is 1. The summed E-state index contributed by atoms with van der Waals surface area (Å²) in [6.45, 7) is 9.84. The maximum atomic E-state index is 12.8. The molecule has 0 bridgehead atoms. The first-order valence-electron chi connectivity index (χ1n) is 7.40. The van der Waals surface area contributed by atoms with Crippen molar-refractivity contribution >= 4 is 5.57 Å². The third-order valence-electron chi connectivity index (χ3n) is 2.81. The van der Waals surface area contributed by atoms with Gasteiger partial charge in [0.2, 0.25) is 0 Å². The minimum Gasteiger partial charge on any atom is -0.316 e. The van der Waals surface area contributed by atoms with Crippen LogP contribution in [0.4, 0.5) is 4.39 Å². The number of halogens is 1. The van der Waals surface area contributed by atoms with Crippen LogP contribution in [0.1, 0.15) is 46.1 Å². The molecule has 1 fully saturated rings. The van der Waals surface area contributed by atoms with E-state index >= 15 is 0 Å². The van der Waals surface area contributed by atoms with Crippen LogP contribution >= 0.6 is 0 Å². The molecule has 0 unspecified atom stereocenters. The van der Waals surface area contributed by atoms with Gasteiger partial charge in [-0.05, 0) is 49.2 Å². The van der Waals surface area contributed by atoms with E-state index in [0.717, 1.165) is 31.5 Å². The fraction of sp³-hybridized carbons (Fsp3) is 0.471. The van der Waals surface area contributed by atoms with Crippen LogP contribution in [0.5, 0.6) is 0 Å². The molecule has 0 aromatic heterocycles. The maximum absolute atomic E-state index is 12.8. The van der Waals surface area contributed by atoms with Crippen LogP contribution in [0, 0.1) is 17.1 Å². The van der Waals surface area contributed by atoms with Crippen molar-refractivity contribution in [1.82, 2.24) is 5.32 Å². The third kappa shape index (κ3) is 5.54. The molecule has 0 aliphatic carbocycles. The average Bonchev–Trinajstić information content (AvgIpc) is 2.55. The summed E-state index contributed by atoms with van der Waals surface area (Å²) in [6.07, 6.45) is 1.81. The number of piperidine rings is 1. The van der Waals surface area contributed by atoms with Gasteiger partial charge in [0.15, 0.2) is 0 Å². The van der Waals surface area contributed by atoms with Crippen molar-refractivity contribution in [2.75, 3.05) is 13.1 Å². The maximum Gasteiger partial charge on any atom is 0.123 e. The van der Waals surface area contributed by atoms with E-state index < -0.39 is 0 Å². The normalized spacial score (nSPS) is 13.1. The summed E-state index contributed by atoms with van der Waals surface area (Å²) >= 11 is 0. The van der Waals surface area contributed by atoms with Crippen molar-refractivity contribution in [3.05, 3.63) is 41.2 Å². The summed E-state index contributed by atoms with van der Waals surface area (Å²) in [5.74, 6) is -0.267. The molecule has 0 radical (unpaired) electrons. The van der Waals surface area contributed by atoms with Crippen LogP contribution in [0.15, 0.2) is 29.8 Å². The molecule has 0 saturated carbocycles. The van der Waals surface area contributed by atoms with E-state index in [4.69, 9.17) is 0 Å². The lowest BCUT2D eigenvalue weighted by Crippen LogP contribution is -2.23. The van der Waals surface area contributed by atoms with Gasteiger partial charge >= 0.3 is 0 Å². The lowest BCUT2D eigenvalue weighted by molar-refractivity contribution is 0.612. The molecule has 110 valence electrons. The van der Waals surface area contributed by atoms with E-state index in [1.807, 2.05) is 27.7 Å². The van der Waals surface area contributed by atoms with Crippen molar-refractivity contribution in [2.24, 2.45) is 0 Å². The van der Waals surface area contributed by atoms with Crippen molar-refractivity contribution in [3.8, 4) is 6.07 Å². The first-order chi connectivity index (χ1) is 9.81. The summed E-state index contributed by atoms with van der Waals surface area (Å²) in [5, 5.41) is 12.4. The molecule has 2 rings (SSSR count). The van der Waals surface area contributed by atoms with Gasteiger partial charge < -0.3 is 5.32 Å². The van der Waals surface area contributed by atoms with Crippen molar-refractivity contribution in [3.63, 3.8) is 0 Å². The fourth-order valence-corrected chi connectivity index (χ4v) is 1.94. The number of rotatable bonds is 1. The molecule has 0 amide bonds. The number of allylic oxidation sites excluding steroid dienone is 1. The summed E-state index contributed by atoms with van der Waals surface area (Å²) in [6, 6.07) is 8.37. The minimum absolute atomic E-state index is 0.267. The Morgan fingerprint density at radius 2 is 1.55 bits per heavy atom. The largest absolute Gasteiger partial charge is 0.316 e. The van der Waals surface area contributed by atoms with Gasteiger partial charge in [-0.1, -0.05) is 39.8 Å². The molecule has 1 N–H and O–H groups in total. The van der Waals surface area contributed by atoms with Crippen LogP contribution in [0.2, 0.25) is 0 Å². The van der Waals surface area contributed by atoms with Gasteiger partial charge in [-0.3, -0.25) is 0 Å². The van der Waals surface area contributed by atoms with E-state index in [1.54, 1.807) is 12.1 Å². The smallest absolute Gasteiger partial charge is 0.123 e. The van der Waals surface area contributed by atoms with Gasteiger partial charge in [-0.25, -0.2) is 4.39 Å². The van der Waals surface area contributed by atoms with E-state index in [9.17, 15) is 9.65 Å². The van der Waals surface area contributed by atoms with Crippen molar-refractivity contribution in [1.29, 1.82) is 5.26 Å². The second kappa shape index (κ2) is 11.2. The van der Waals surface area contributed by atoms with Crippen LogP contribution in [-0.4, -0.2) is 13.1 Å². The van der Waals surface area contributed by atoms with E-state index in [-0.39, 0.29) is 5.82 Å². The van der Waals surface area contributed by atoms with E-state index in [1.165, 1.54) is 17.7 Å². The third-order valence-corrected chi connectivity index (χ3v) is 2.81. The zero-order chi connectivity index (χ0) is 15.4. The van der Waals surface area contributed by atoms with Gasteiger partial charge in [0.05, 0.1) is 11.6 Å². The van der Waals surface area contributed by atoms with E-state index in [0.29, 0.717) is 5.57 Å². The summed E-state index contributed by atoms with van der Waals surface area (Å²) in [4.78, 5) is 0. The van der Waals surface area contributed by atoms with Crippen LogP contribution in [-0.2, 0) is 0 Å². The molecular formula is C17H25FN2. The second-order valence-corrected chi connectivity index (χ2v) is 3.85. The zero-order valence-corrected chi connectivity index (χ0v) is 13.0. The van der Waals surface area contributed by atoms with Crippen LogP contribution in [0.25, 0.3) is 5.57 Å². The van der Waals surface area contributed by atoms with Crippen LogP contribution in [0.3, 0.4) is 0 Å². The predicted octanol–water partition coefficient (Wildman–Crippen LogP) is 4.54. The molecule has 3 heteroatoms. The van der Waals surface area contributed by atoms with E-state index in [2.05, 4.69) is 11.4 Å². The average molecular weight is 276 g/mol. The highest BCUT2D eigenvalue weighted by Crippen LogP contribution is 2.24. The molecule has 1 aliphatic rings. The predicted molar refractivity (Wildman–Crippen MR) is 83.7 cm³/mol. The monoisotopic (exact) mass is 276 g/mol. The van der Waals surface area contributed by atoms with Gasteiger partial charge in [-0.15, -0.1) is 0 Å². The van der Waals surface area contributed by atoms with Crippen molar-refractivity contribution < 1.29 is 4.39 Å². The highest BCUT2D eigenvalue weighted by atomic mass is 19.1. The minimum atomic E-state index is -0.267. The fourth-order valence-electron chi connectivity index (χ4n) is 1.94. The summed E-state index contributed by atoms with van der Waals surface area (Å²) in [7, 11) is 0. The highest BCUT2D eigenvalue weighted by Gasteiger charge is 2.12. The SMILES string of the molecule is CC.CC.N#CC(=C1CCNCC1)c1ccc(F)cc1. The number of nitrogens with one attached hydrogen (secondary N) is 1. The zero-order valence-electron chi connectivity index (χ0n) is 13.0. The van der Waals surface area contributed by atoms with Gasteiger partial charge in [0, 0.05) is 0 Å². The Morgan fingerprint density at radius 1 is 1.05 bits per heavy atom. The quantitative estimate of drug-likeness (QED) is 0.764. The van der Waals surface area contributed by atoms with Crippen molar-refractivity contribution in [2.45, 2.75) is 40.5 Å². The molecule has 1 aromatic rings. The Kier molecular flexibility index (Phi) is 10.3. The molecule has 0 atom stereocenters. The molecule has 1 aliphatic heterocycles. The van der Waals surface area contributed by atoms with Gasteiger partial charge in [0.1, 0.15) is 5.82 Å². The standard InChI is InChI=1S/C13H13FN2.2C2H6/c14-12-3-1-10(2-4-12)13(9-15)11-5-7-16-8-6-11;2*1-2/h1-4,16H,5-8H2;2*1-2H3. The number of nitriles is 1. The molecule has 0 spiro atoms. The van der Waals surface area contributed by atoms with Gasteiger partial charge in [0.25, 0.3) is 0 Å². The molecule has 1 heterocycles. The summed E-state index contributed by atoms with van der Waals surface area (Å²) < 4.78 is 12.8. The molecule has 2 nitrogen and oxygen atoms in total. The number of benzene rings is 1. The lowest BCUT2D eigenvalue weighted by Gasteiger charge is -2.17. The molecule has 1 aromatic carbocycles. The Labute approximate surface area is 122 Å². The first kappa shape index (κ1) is 18.3. The Morgan fingerprint density at radius 3 is 2.00 bits per heavy atom. The second-order valence-electron chi connectivity index (χ2n) is 3.85. The Bertz CT molecular complexity index is 433. The van der Waals surface area contributed by atoms with Crippen LogP contribution < -0.4 is 5.32 Å². The first-order valence-corrected chi connectivity index (χ1v) is 7.40. The molecular weight excluding hydrogens is 251 g/mol.